The van der Waals surface area contributed by atoms with Gasteiger partial charge in [0.15, 0.2) is 0 Å². The summed E-state index contributed by atoms with van der Waals surface area (Å²) in [5.74, 6) is -1.41. The molecule has 1 aliphatic rings. The zero-order valence-electron chi connectivity index (χ0n) is 17.6. The molecule has 1 saturated heterocycles. The molecule has 0 bridgehead atoms. The van der Waals surface area contributed by atoms with Crippen molar-refractivity contribution in [1.82, 2.24) is 5.32 Å². The Morgan fingerprint density at radius 1 is 1.03 bits per heavy atom. The van der Waals surface area contributed by atoms with E-state index in [0.717, 1.165) is 6.42 Å². The zero-order chi connectivity index (χ0) is 22.4. The first kappa shape index (κ1) is 22.0. The second-order valence-corrected chi connectivity index (χ2v) is 7.42. The van der Waals surface area contributed by atoms with E-state index in [2.05, 4.69) is 16.0 Å². The Morgan fingerprint density at radius 3 is 2.42 bits per heavy atom. The number of carbonyl (C=O) groups excluding carboxylic acids is 4. The van der Waals surface area contributed by atoms with E-state index in [1.54, 1.807) is 53.4 Å². The van der Waals surface area contributed by atoms with Gasteiger partial charge in [0.05, 0.1) is 17.2 Å². The van der Waals surface area contributed by atoms with Crippen LogP contribution in [0.2, 0.25) is 0 Å². The van der Waals surface area contributed by atoms with Crippen LogP contribution in [0.15, 0.2) is 48.5 Å². The van der Waals surface area contributed by atoms with Gasteiger partial charge in [-0.15, -0.1) is 0 Å². The molecule has 0 aliphatic carbocycles. The molecule has 4 amide bonds. The molecule has 1 atom stereocenters. The van der Waals surface area contributed by atoms with Gasteiger partial charge in [-0.1, -0.05) is 19.1 Å². The maximum Gasteiger partial charge on any atom is 0.253 e. The molecule has 1 unspecified atom stereocenters. The Morgan fingerprint density at radius 2 is 1.74 bits per heavy atom. The Hall–Kier alpha value is -3.68. The molecular formula is C23H26N4O4. The summed E-state index contributed by atoms with van der Waals surface area (Å²) in [6, 6.07) is 13.7. The standard InChI is InChI=1S/C23H26N4O4/c1-3-12-24-23(31)19-6-4-5-7-20(19)26-22(30)16-13-21(29)27(14-16)18-10-8-17(9-11-18)25-15(2)28/h4-11,16H,3,12-14H2,1-2H3,(H,24,31)(H,25,28)(H,26,30). The summed E-state index contributed by atoms with van der Waals surface area (Å²) in [6.45, 7) is 4.18. The van der Waals surface area contributed by atoms with Crippen LogP contribution >= 0.6 is 0 Å². The van der Waals surface area contributed by atoms with Gasteiger partial charge in [-0.05, 0) is 42.8 Å². The van der Waals surface area contributed by atoms with Crippen molar-refractivity contribution in [3.8, 4) is 0 Å². The summed E-state index contributed by atoms with van der Waals surface area (Å²) in [5.41, 5.74) is 2.11. The van der Waals surface area contributed by atoms with Gasteiger partial charge in [0.25, 0.3) is 5.91 Å². The summed E-state index contributed by atoms with van der Waals surface area (Å²) in [7, 11) is 0. The minimum Gasteiger partial charge on any atom is -0.352 e. The van der Waals surface area contributed by atoms with Crippen LogP contribution in [-0.4, -0.2) is 36.7 Å². The fourth-order valence-corrected chi connectivity index (χ4v) is 3.42. The molecule has 1 fully saturated rings. The average molecular weight is 422 g/mol. The number of hydrogen-bond acceptors (Lipinski definition) is 4. The van der Waals surface area contributed by atoms with Crippen LogP contribution in [0.4, 0.5) is 17.1 Å². The second-order valence-electron chi connectivity index (χ2n) is 7.42. The Labute approximate surface area is 181 Å². The van der Waals surface area contributed by atoms with E-state index in [1.165, 1.54) is 6.92 Å². The summed E-state index contributed by atoms with van der Waals surface area (Å²) < 4.78 is 0. The van der Waals surface area contributed by atoms with Gasteiger partial charge in [-0.3, -0.25) is 19.2 Å². The summed E-state index contributed by atoms with van der Waals surface area (Å²) in [5, 5.41) is 8.29. The second kappa shape index (κ2) is 9.88. The van der Waals surface area contributed by atoms with Gasteiger partial charge >= 0.3 is 0 Å². The Bertz CT molecular complexity index is 987. The fraction of sp³-hybridized carbons (Fsp3) is 0.304. The molecule has 31 heavy (non-hydrogen) atoms. The van der Waals surface area contributed by atoms with E-state index >= 15 is 0 Å². The molecule has 162 valence electrons. The summed E-state index contributed by atoms with van der Waals surface area (Å²) in [6.07, 6.45) is 0.898. The number of amides is 4. The highest BCUT2D eigenvalue weighted by Gasteiger charge is 2.35. The number of benzene rings is 2. The number of hydrogen-bond donors (Lipinski definition) is 3. The van der Waals surface area contributed by atoms with Gasteiger partial charge in [0.2, 0.25) is 17.7 Å². The van der Waals surface area contributed by atoms with E-state index in [1.807, 2.05) is 6.92 Å². The monoisotopic (exact) mass is 422 g/mol. The van der Waals surface area contributed by atoms with E-state index in [0.29, 0.717) is 29.2 Å². The molecule has 1 aliphatic heterocycles. The lowest BCUT2D eigenvalue weighted by Gasteiger charge is -2.17. The third-order valence-corrected chi connectivity index (χ3v) is 4.96. The van der Waals surface area contributed by atoms with Crippen molar-refractivity contribution in [2.75, 3.05) is 28.6 Å². The predicted molar refractivity (Wildman–Crippen MR) is 119 cm³/mol. The third-order valence-electron chi connectivity index (χ3n) is 4.96. The third kappa shape index (κ3) is 5.48. The smallest absolute Gasteiger partial charge is 0.253 e. The minimum absolute atomic E-state index is 0.0868. The fourth-order valence-electron chi connectivity index (χ4n) is 3.42. The maximum atomic E-state index is 12.8. The lowest BCUT2D eigenvalue weighted by atomic mass is 10.1. The molecule has 2 aromatic carbocycles. The normalized spacial score (nSPS) is 15.5. The number of anilines is 3. The first-order valence-corrected chi connectivity index (χ1v) is 10.2. The quantitative estimate of drug-likeness (QED) is 0.638. The number of carbonyl (C=O) groups is 4. The average Bonchev–Trinajstić information content (AvgIpc) is 3.14. The van der Waals surface area contributed by atoms with Crippen LogP contribution < -0.4 is 20.9 Å². The highest BCUT2D eigenvalue weighted by Crippen LogP contribution is 2.27. The molecule has 3 rings (SSSR count). The van der Waals surface area contributed by atoms with Crippen LogP contribution in [0.3, 0.4) is 0 Å². The molecule has 8 heteroatoms. The van der Waals surface area contributed by atoms with Crippen LogP contribution in [0, 0.1) is 5.92 Å². The highest BCUT2D eigenvalue weighted by molar-refractivity contribution is 6.07. The number of para-hydroxylation sites is 1. The highest BCUT2D eigenvalue weighted by atomic mass is 16.2. The van der Waals surface area contributed by atoms with Crippen LogP contribution in [0.1, 0.15) is 37.0 Å². The van der Waals surface area contributed by atoms with Crippen molar-refractivity contribution in [2.24, 2.45) is 5.92 Å². The van der Waals surface area contributed by atoms with E-state index in [-0.39, 0.29) is 36.6 Å². The summed E-state index contributed by atoms with van der Waals surface area (Å²) in [4.78, 5) is 50.4. The van der Waals surface area contributed by atoms with E-state index in [4.69, 9.17) is 0 Å². The van der Waals surface area contributed by atoms with Crippen molar-refractivity contribution in [2.45, 2.75) is 26.7 Å². The van der Waals surface area contributed by atoms with E-state index in [9.17, 15) is 19.2 Å². The number of nitrogens with zero attached hydrogens (tertiary/aromatic N) is 1. The predicted octanol–water partition coefficient (Wildman–Crippen LogP) is 2.78. The topological polar surface area (TPSA) is 108 Å². The lowest BCUT2D eigenvalue weighted by Crippen LogP contribution is -2.29. The van der Waals surface area contributed by atoms with Crippen molar-refractivity contribution in [3.05, 3.63) is 54.1 Å². The Kier molecular flexibility index (Phi) is 7.02. The SMILES string of the molecule is CCCNC(=O)c1ccccc1NC(=O)C1CC(=O)N(c2ccc(NC(C)=O)cc2)C1. The van der Waals surface area contributed by atoms with Crippen molar-refractivity contribution < 1.29 is 19.2 Å². The van der Waals surface area contributed by atoms with E-state index < -0.39 is 5.92 Å². The van der Waals surface area contributed by atoms with Crippen molar-refractivity contribution in [3.63, 3.8) is 0 Å². The van der Waals surface area contributed by atoms with Gasteiger partial charge in [-0.25, -0.2) is 0 Å². The first-order chi connectivity index (χ1) is 14.9. The van der Waals surface area contributed by atoms with Crippen LogP contribution in [-0.2, 0) is 14.4 Å². The largest absolute Gasteiger partial charge is 0.352 e. The zero-order valence-corrected chi connectivity index (χ0v) is 17.6. The number of nitrogens with one attached hydrogen (secondary N) is 3. The molecule has 8 nitrogen and oxygen atoms in total. The summed E-state index contributed by atoms with van der Waals surface area (Å²) >= 11 is 0. The molecule has 0 radical (unpaired) electrons. The molecule has 1 heterocycles. The van der Waals surface area contributed by atoms with Gasteiger partial charge in [0, 0.05) is 37.8 Å². The van der Waals surface area contributed by atoms with Crippen molar-refractivity contribution >= 4 is 40.7 Å². The maximum absolute atomic E-state index is 12.8. The van der Waals surface area contributed by atoms with Gasteiger partial charge in [0.1, 0.15) is 0 Å². The van der Waals surface area contributed by atoms with Crippen LogP contribution in [0.25, 0.3) is 0 Å². The molecule has 3 N–H and O–H groups in total. The van der Waals surface area contributed by atoms with Gasteiger partial charge in [-0.2, -0.15) is 0 Å². The van der Waals surface area contributed by atoms with Crippen molar-refractivity contribution in [1.29, 1.82) is 0 Å². The van der Waals surface area contributed by atoms with Gasteiger partial charge < -0.3 is 20.9 Å². The molecule has 2 aromatic rings. The molecule has 0 spiro atoms. The molecular weight excluding hydrogens is 396 g/mol. The first-order valence-electron chi connectivity index (χ1n) is 10.2. The minimum atomic E-state index is -0.533. The van der Waals surface area contributed by atoms with Crippen LogP contribution in [0.5, 0.6) is 0 Å². The molecule has 0 saturated carbocycles. The number of rotatable bonds is 7. The Balaban J connectivity index is 1.67. The lowest BCUT2D eigenvalue weighted by molar-refractivity contribution is -0.122. The molecule has 0 aromatic heterocycles.